The van der Waals surface area contributed by atoms with Crippen LogP contribution in [-0.2, 0) is 65.0 Å². The molecule has 0 bridgehead atoms. The average Bonchev–Trinajstić information content (AvgIpc) is 1.76. The molecule has 0 atom stereocenters. The predicted octanol–water partition coefficient (Wildman–Crippen LogP) is 16.6. The Morgan fingerprint density at radius 2 is 0.675 bits per heavy atom. The van der Waals surface area contributed by atoms with Gasteiger partial charge in [0.1, 0.15) is 5.78 Å². The summed E-state index contributed by atoms with van der Waals surface area (Å²) < 4.78 is 142. The predicted molar refractivity (Wildman–Crippen MR) is 447 cm³/mol. The van der Waals surface area contributed by atoms with Gasteiger partial charge in [-0.15, -0.1) is 0 Å². The highest BCUT2D eigenvalue weighted by Crippen LogP contribution is 2.35. The lowest BCUT2D eigenvalue weighted by molar-refractivity contribution is -0.121. The smallest absolute Gasteiger partial charge is 0.245 e. The van der Waals surface area contributed by atoms with Gasteiger partial charge in [-0.05, 0) is 84.4 Å². The van der Waals surface area contributed by atoms with E-state index >= 15 is 0 Å². The zero-order chi connectivity index (χ0) is 83.8. The molecule has 1 aliphatic rings. The number of aromatic nitrogens is 6. The summed E-state index contributed by atoms with van der Waals surface area (Å²) in [5.74, 6) is 1.00. The van der Waals surface area contributed by atoms with Crippen LogP contribution in [0.25, 0.3) is 66.8 Å². The number of sulfonamides is 4. The van der Waals surface area contributed by atoms with E-state index in [-0.39, 0.29) is 89.0 Å². The molecule has 30 nitrogen and oxygen atoms in total. The highest BCUT2D eigenvalue weighted by atomic mass is 32.2. The molecule has 117 heavy (non-hydrogen) atoms. The quantitative estimate of drug-likeness (QED) is 0.0278. The number of ether oxygens (including phenoxy) is 1. The van der Waals surface area contributed by atoms with Crippen molar-refractivity contribution in [2.75, 3.05) is 54.2 Å². The number of carbonyl (C=O) groups is 3. The number of nitrogens with one attached hydrogen (secondary N) is 6. The highest BCUT2D eigenvalue weighted by Gasteiger charge is 2.27. The first-order valence-corrected chi connectivity index (χ1v) is 43.4. The Kier molecular flexibility index (Phi) is 32.6. The fraction of sp³-hybridized carbons (Fsp3) is 0.241. The van der Waals surface area contributed by atoms with E-state index in [0.717, 1.165) is 57.3 Å². The van der Waals surface area contributed by atoms with Crippen LogP contribution in [0, 0.1) is 17.8 Å². The monoisotopic (exact) mass is 1670 g/mol. The van der Waals surface area contributed by atoms with Gasteiger partial charge in [0.05, 0.1) is 93.1 Å². The van der Waals surface area contributed by atoms with Crippen LogP contribution in [0.15, 0.2) is 277 Å². The van der Waals surface area contributed by atoms with E-state index in [0.29, 0.717) is 52.8 Å². The topological polar surface area (TPSA) is 425 Å². The zero-order valence-electron chi connectivity index (χ0n) is 65.0. The lowest BCUT2D eigenvalue weighted by Crippen LogP contribution is -2.27. The third-order valence-electron chi connectivity index (χ3n) is 16.8. The summed E-state index contributed by atoms with van der Waals surface area (Å²) in [6.45, 7) is 13.2. The number of ketones is 1. The maximum Gasteiger partial charge on any atom is 0.245 e. The molecular weight excluding hydrogens is 1580 g/mol. The van der Waals surface area contributed by atoms with Gasteiger partial charge < -0.3 is 36.7 Å². The lowest BCUT2D eigenvalue weighted by Gasteiger charge is -2.21. The van der Waals surface area contributed by atoms with E-state index in [4.69, 9.17) is 31.9 Å². The fourth-order valence-corrected chi connectivity index (χ4v) is 15.5. The van der Waals surface area contributed by atoms with Crippen LogP contribution in [0.2, 0.25) is 0 Å². The van der Waals surface area contributed by atoms with Crippen LogP contribution in [0.1, 0.15) is 79.7 Å². The number of anilines is 6. The van der Waals surface area contributed by atoms with Crippen LogP contribution in [-0.4, -0.2) is 112 Å². The number of carbonyl (C=O) groups excluding carboxylic acids is 3. The summed E-state index contributed by atoms with van der Waals surface area (Å²) in [6, 6.07) is 65.6. The molecule has 1 aliphatic heterocycles. The van der Waals surface area contributed by atoms with E-state index < -0.39 is 45.3 Å². The van der Waals surface area contributed by atoms with Crippen molar-refractivity contribution in [2.24, 2.45) is 17.8 Å². The molecule has 6 aromatic heterocycles. The molecule has 0 spiro atoms. The molecule has 7 heterocycles. The van der Waals surface area contributed by atoms with Gasteiger partial charge in [0.2, 0.25) is 87.2 Å². The molecule has 13 aromatic rings. The first-order chi connectivity index (χ1) is 56.1. The van der Waals surface area contributed by atoms with Crippen LogP contribution >= 0.6 is 0 Å². The maximum atomic E-state index is 12.3. The molecule has 0 radical (unpaired) electrons. The summed E-state index contributed by atoms with van der Waals surface area (Å²) in [7, 11) is -13.9. The molecule has 7 aromatic carbocycles. The van der Waals surface area contributed by atoms with Crippen molar-refractivity contribution >= 4 is 93.0 Å². The van der Waals surface area contributed by atoms with Gasteiger partial charge >= 0.3 is 0 Å². The Morgan fingerprint density at radius 1 is 0.376 bits per heavy atom. The van der Waals surface area contributed by atoms with Crippen molar-refractivity contribution in [3.8, 4) is 66.8 Å². The van der Waals surface area contributed by atoms with Gasteiger partial charge in [0.15, 0.2) is 0 Å². The van der Waals surface area contributed by atoms with Crippen molar-refractivity contribution in [1.82, 2.24) is 30.9 Å². The van der Waals surface area contributed by atoms with Crippen molar-refractivity contribution in [3.63, 3.8) is 0 Å². The second kappa shape index (κ2) is 43.2. The lowest BCUT2D eigenvalue weighted by atomic mass is 10.0. The molecule has 1 fully saturated rings. The van der Waals surface area contributed by atoms with E-state index in [1.165, 1.54) is 31.7 Å². The Bertz CT molecular complexity index is 5690. The standard InChI is InChI=1S/C16H14N2O3S.C15H18N2O4S.C14H14N2O3.C13H16N2O3S.C13H14N2O2.C12H14N2O3S/c19-22(20,12-13-7-3-1-4-8-13)18-16-15(11-17-21-16)14-9-5-2-6-10-14;18-22(19,11-12-6-8-20-9-7-12)17-15-14(10-16-21-15)13-4-2-1-3-5-13;1-10(17)7-8-13(18)16-14-12(9-15-19-14)11-5-3-2-4-6-11;1-10(2)9-19(16,17)15-13-12(8-14-18-13)11-6-4-3-5-7-11;1-9(2)12(16)15-13-11(8-14-17-13)10-6-4-3-5-7-10;1-9(2)18(15,16)14-12-11(8-13-17-12)10-6-4-3-5-7-10/h1-11,18H,12H2;1-5,10,12,17H,6-9,11H2;2-6,9H,7-8H2,1H3,(H,16,18);3-8,10,15H,9H2,1-2H3;3-9H,1-2H3,(H,15,16);3-9,14H,1-2H3. The minimum atomic E-state index is -3.57. The largest absolute Gasteiger partial charge is 0.381 e. The molecule has 0 unspecified atom stereocenters. The zero-order valence-corrected chi connectivity index (χ0v) is 68.3. The summed E-state index contributed by atoms with van der Waals surface area (Å²) in [5, 5.41) is 26.9. The third-order valence-corrected chi connectivity index (χ3v) is 22.7. The molecule has 2 amide bonds. The van der Waals surface area contributed by atoms with E-state index in [9.17, 15) is 48.1 Å². The number of benzene rings is 7. The molecule has 0 aliphatic carbocycles. The Balaban J connectivity index is 0.000000161. The second-order valence-corrected chi connectivity index (χ2v) is 34.8. The molecule has 0 saturated carbocycles. The van der Waals surface area contributed by atoms with Gasteiger partial charge in [-0.1, -0.05) is 271 Å². The first-order valence-electron chi connectivity index (χ1n) is 36.9. The number of rotatable bonds is 27. The van der Waals surface area contributed by atoms with Crippen molar-refractivity contribution in [2.45, 2.75) is 85.2 Å². The van der Waals surface area contributed by atoms with Crippen molar-refractivity contribution < 1.29 is 79.9 Å². The summed E-state index contributed by atoms with van der Waals surface area (Å²) >= 11 is 0. The Hall–Kier alpha value is -12.6. The molecule has 14 rings (SSSR count). The molecule has 1 saturated heterocycles. The second-order valence-electron chi connectivity index (χ2n) is 27.3. The van der Waals surface area contributed by atoms with E-state index in [2.05, 4.69) is 60.5 Å². The molecule has 6 N–H and O–H groups in total. The van der Waals surface area contributed by atoms with Gasteiger partial charge in [0.25, 0.3) is 0 Å². The minimum absolute atomic E-state index is 0.0176. The summed E-state index contributed by atoms with van der Waals surface area (Å²) in [6.07, 6.45) is 11.1. The van der Waals surface area contributed by atoms with Crippen molar-refractivity contribution in [3.05, 3.63) is 255 Å². The summed E-state index contributed by atoms with van der Waals surface area (Å²) in [5.41, 5.74) is 9.98. The number of hydrogen-bond acceptors (Lipinski definition) is 24. The number of nitrogens with zero attached hydrogens (tertiary/aromatic N) is 6. The Labute approximate surface area is 678 Å². The minimum Gasteiger partial charge on any atom is -0.381 e. The van der Waals surface area contributed by atoms with E-state index in [1.54, 1.807) is 50.5 Å². The van der Waals surface area contributed by atoms with Crippen molar-refractivity contribution in [1.29, 1.82) is 0 Å². The van der Waals surface area contributed by atoms with Crippen LogP contribution in [0.4, 0.5) is 35.3 Å². The summed E-state index contributed by atoms with van der Waals surface area (Å²) in [4.78, 5) is 34.1. The average molecular weight is 1670 g/mol. The molecule has 614 valence electrons. The number of Topliss-reactive ketones (excluding diaryl/α,β-unsaturated/α-hetero) is 1. The van der Waals surface area contributed by atoms with Gasteiger partial charge in [-0.2, -0.15) is 0 Å². The van der Waals surface area contributed by atoms with Crippen LogP contribution in [0.5, 0.6) is 0 Å². The number of hydrogen-bond donors (Lipinski definition) is 6. The fourth-order valence-electron chi connectivity index (χ4n) is 10.8. The van der Waals surface area contributed by atoms with Crippen LogP contribution in [0.3, 0.4) is 0 Å². The van der Waals surface area contributed by atoms with E-state index in [1.807, 2.05) is 216 Å². The molecule has 34 heteroatoms. The third kappa shape index (κ3) is 28.4. The van der Waals surface area contributed by atoms with Gasteiger partial charge in [-0.25, -0.2) is 33.7 Å². The molecular formula is C83H90N12O18S4. The van der Waals surface area contributed by atoms with Gasteiger partial charge in [0, 0.05) is 32.0 Å². The normalized spacial score (nSPS) is 12.1. The SMILES string of the molecule is CC(=O)CCC(=O)Nc1oncc1-c1ccccc1.CC(C)C(=O)Nc1oncc1-c1ccccc1.CC(C)CS(=O)(=O)Nc1oncc1-c1ccccc1.CC(C)S(=O)(=O)Nc1oncc1-c1ccccc1.O=S(=O)(CC1CCOCC1)Nc1oncc1-c1ccccc1.O=S(=O)(Cc1ccccc1)Nc1oncc1-c1ccccc1. The first kappa shape index (κ1) is 88.3. The number of amides is 2. The van der Waals surface area contributed by atoms with Gasteiger partial charge in [-0.3, -0.25) is 39.1 Å². The van der Waals surface area contributed by atoms with Crippen LogP contribution < -0.4 is 29.5 Å². The highest BCUT2D eigenvalue weighted by molar-refractivity contribution is 7.93. The maximum absolute atomic E-state index is 12.3. The Morgan fingerprint density at radius 3 is 1.00 bits per heavy atom.